The minimum atomic E-state index is 0.0196. The van der Waals surface area contributed by atoms with Crippen LogP contribution in [0.15, 0.2) is 24.3 Å². The molecule has 1 N–H and O–H groups in total. The Kier molecular flexibility index (Phi) is 4.93. The van der Waals surface area contributed by atoms with Crippen LogP contribution in [0.5, 0.6) is 0 Å². The molecule has 0 radical (unpaired) electrons. The molecular formula is C14H18ClN3O. The zero-order valence-electron chi connectivity index (χ0n) is 11.2. The summed E-state index contributed by atoms with van der Waals surface area (Å²) in [6, 6.07) is 7.85. The zero-order chi connectivity index (χ0) is 13.7. The van der Waals surface area contributed by atoms with Gasteiger partial charge in [-0.1, -0.05) is 12.1 Å². The normalized spacial score (nSPS) is 12.6. The van der Waals surface area contributed by atoms with Crippen LogP contribution < -0.4 is 5.32 Å². The topological polar surface area (TPSA) is 47.0 Å². The molecule has 1 unspecified atom stereocenters. The average molecular weight is 280 g/mol. The van der Waals surface area contributed by atoms with E-state index in [4.69, 9.17) is 16.3 Å². The van der Waals surface area contributed by atoms with E-state index in [2.05, 4.69) is 15.3 Å². The molecular weight excluding hydrogens is 262 g/mol. The summed E-state index contributed by atoms with van der Waals surface area (Å²) in [5.41, 5.74) is 2.71. The number of alkyl halides is 1. The first-order valence-electron chi connectivity index (χ1n) is 6.31. The molecule has 19 heavy (non-hydrogen) atoms. The van der Waals surface area contributed by atoms with Crippen molar-refractivity contribution in [2.24, 2.45) is 0 Å². The zero-order valence-corrected chi connectivity index (χ0v) is 11.9. The molecule has 0 aliphatic rings. The number of aryl methyl sites for hydroxylation is 1. The summed E-state index contributed by atoms with van der Waals surface area (Å²) in [5.74, 6) is 0.819. The predicted molar refractivity (Wildman–Crippen MR) is 78.9 cm³/mol. The molecule has 1 aromatic carbocycles. The average Bonchev–Trinajstić information content (AvgIpc) is 2.39. The summed E-state index contributed by atoms with van der Waals surface area (Å²) in [7, 11) is 1.65. The molecule has 0 aliphatic carbocycles. The molecule has 0 saturated heterocycles. The van der Waals surface area contributed by atoms with Crippen LogP contribution in [0.1, 0.15) is 12.1 Å². The molecule has 2 rings (SSSR count). The number of ether oxygens (including phenoxy) is 1. The lowest BCUT2D eigenvalue weighted by Gasteiger charge is -2.11. The number of hydrogen-bond donors (Lipinski definition) is 1. The molecule has 0 aliphatic heterocycles. The maximum atomic E-state index is 6.08. The number of anilines is 1. The molecule has 0 spiro atoms. The minimum absolute atomic E-state index is 0.0196. The Morgan fingerprint density at radius 2 is 1.95 bits per heavy atom. The van der Waals surface area contributed by atoms with Crippen LogP contribution in [-0.2, 0) is 4.74 Å². The van der Waals surface area contributed by atoms with Crippen molar-refractivity contribution in [1.29, 1.82) is 0 Å². The van der Waals surface area contributed by atoms with Gasteiger partial charge in [-0.3, -0.25) is 0 Å². The quantitative estimate of drug-likeness (QED) is 0.826. The number of hydrogen-bond acceptors (Lipinski definition) is 4. The van der Waals surface area contributed by atoms with Gasteiger partial charge >= 0.3 is 0 Å². The number of halogens is 1. The number of fused-ring (bicyclic) bond motifs is 1. The second-order valence-corrected chi connectivity index (χ2v) is 5.03. The molecule has 0 amide bonds. The van der Waals surface area contributed by atoms with Crippen LogP contribution in [0.4, 0.5) is 5.82 Å². The van der Waals surface area contributed by atoms with E-state index in [0.717, 1.165) is 35.5 Å². The summed E-state index contributed by atoms with van der Waals surface area (Å²) in [6.45, 7) is 3.27. The van der Waals surface area contributed by atoms with E-state index in [0.29, 0.717) is 6.61 Å². The van der Waals surface area contributed by atoms with E-state index in [1.807, 2.05) is 31.2 Å². The van der Waals surface area contributed by atoms with E-state index in [1.54, 1.807) is 7.11 Å². The van der Waals surface area contributed by atoms with Gasteiger partial charge in [0.1, 0.15) is 5.82 Å². The van der Waals surface area contributed by atoms with Gasteiger partial charge in [-0.25, -0.2) is 9.97 Å². The first-order chi connectivity index (χ1) is 9.20. The van der Waals surface area contributed by atoms with Crippen molar-refractivity contribution in [3.05, 3.63) is 30.0 Å². The number of para-hydroxylation sites is 2. The van der Waals surface area contributed by atoms with Crippen molar-refractivity contribution in [3.63, 3.8) is 0 Å². The number of rotatable bonds is 6. The fraction of sp³-hybridized carbons (Fsp3) is 0.429. The highest BCUT2D eigenvalue weighted by Crippen LogP contribution is 2.16. The highest BCUT2D eigenvalue weighted by atomic mass is 35.5. The van der Waals surface area contributed by atoms with E-state index >= 15 is 0 Å². The van der Waals surface area contributed by atoms with Gasteiger partial charge in [0.15, 0.2) is 0 Å². The molecule has 1 atom stereocenters. The van der Waals surface area contributed by atoms with Gasteiger partial charge in [-0.15, -0.1) is 11.6 Å². The summed E-state index contributed by atoms with van der Waals surface area (Å²) < 4.78 is 5.00. The Hall–Kier alpha value is -1.39. The lowest BCUT2D eigenvalue weighted by Crippen LogP contribution is -2.14. The van der Waals surface area contributed by atoms with Crippen molar-refractivity contribution in [2.75, 3.05) is 25.6 Å². The predicted octanol–water partition coefficient (Wildman–Crippen LogP) is 2.99. The first kappa shape index (κ1) is 14.0. The van der Waals surface area contributed by atoms with Gasteiger partial charge in [0.2, 0.25) is 0 Å². The Balaban J connectivity index is 2.02. The minimum Gasteiger partial charge on any atom is -0.383 e. The second kappa shape index (κ2) is 6.68. The largest absolute Gasteiger partial charge is 0.383 e. The van der Waals surface area contributed by atoms with Crippen LogP contribution in [0.3, 0.4) is 0 Å². The van der Waals surface area contributed by atoms with Crippen molar-refractivity contribution in [1.82, 2.24) is 9.97 Å². The van der Waals surface area contributed by atoms with E-state index in [1.165, 1.54) is 0 Å². The lowest BCUT2D eigenvalue weighted by molar-refractivity contribution is 0.196. The SMILES string of the molecule is COCC(Cl)CCNc1nc2ccccc2nc1C. The van der Waals surface area contributed by atoms with E-state index in [-0.39, 0.29) is 5.38 Å². The molecule has 0 fully saturated rings. The third-order valence-corrected chi connectivity index (χ3v) is 3.19. The number of nitrogens with one attached hydrogen (secondary N) is 1. The van der Waals surface area contributed by atoms with Crippen molar-refractivity contribution < 1.29 is 4.74 Å². The van der Waals surface area contributed by atoms with Gasteiger partial charge in [0, 0.05) is 13.7 Å². The van der Waals surface area contributed by atoms with Crippen molar-refractivity contribution in [3.8, 4) is 0 Å². The number of nitrogens with zero attached hydrogens (tertiary/aromatic N) is 2. The Morgan fingerprint density at radius 1 is 1.26 bits per heavy atom. The standard InChI is InChI=1S/C14H18ClN3O/c1-10-14(16-8-7-11(15)9-19-2)18-13-6-4-3-5-12(13)17-10/h3-6,11H,7-9H2,1-2H3,(H,16,18). The number of methoxy groups -OCH3 is 1. The van der Waals surface area contributed by atoms with Crippen LogP contribution in [0.25, 0.3) is 11.0 Å². The van der Waals surface area contributed by atoms with Gasteiger partial charge in [-0.05, 0) is 25.5 Å². The Labute approximate surface area is 118 Å². The maximum absolute atomic E-state index is 6.08. The van der Waals surface area contributed by atoms with E-state index in [9.17, 15) is 0 Å². The summed E-state index contributed by atoms with van der Waals surface area (Å²) in [4.78, 5) is 9.10. The highest BCUT2D eigenvalue weighted by molar-refractivity contribution is 6.20. The van der Waals surface area contributed by atoms with Gasteiger partial charge in [0.25, 0.3) is 0 Å². The molecule has 102 valence electrons. The maximum Gasteiger partial charge on any atom is 0.148 e. The molecule has 0 bridgehead atoms. The number of aromatic nitrogens is 2. The van der Waals surface area contributed by atoms with Crippen molar-refractivity contribution >= 4 is 28.5 Å². The van der Waals surface area contributed by atoms with Crippen LogP contribution >= 0.6 is 11.6 Å². The second-order valence-electron chi connectivity index (χ2n) is 4.41. The highest BCUT2D eigenvalue weighted by Gasteiger charge is 2.06. The molecule has 0 saturated carbocycles. The van der Waals surface area contributed by atoms with Gasteiger partial charge in [0.05, 0.1) is 28.7 Å². The van der Waals surface area contributed by atoms with Gasteiger partial charge < -0.3 is 10.1 Å². The summed E-state index contributed by atoms with van der Waals surface area (Å²) in [5, 5.41) is 3.30. The van der Waals surface area contributed by atoms with Crippen LogP contribution in [0.2, 0.25) is 0 Å². The first-order valence-corrected chi connectivity index (χ1v) is 6.74. The Bertz CT molecular complexity index is 547. The molecule has 4 nitrogen and oxygen atoms in total. The molecule has 2 aromatic rings. The summed E-state index contributed by atoms with van der Waals surface area (Å²) >= 11 is 6.08. The molecule has 5 heteroatoms. The monoisotopic (exact) mass is 279 g/mol. The number of benzene rings is 1. The third-order valence-electron chi connectivity index (χ3n) is 2.84. The summed E-state index contributed by atoms with van der Waals surface area (Å²) in [6.07, 6.45) is 0.823. The fourth-order valence-corrected chi connectivity index (χ4v) is 2.10. The van der Waals surface area contributed by atoms with Crippen LogP contribution in [0, 0.1) is 6.92 Å². The molecule has 1 aromatic heterocycles. The smallest absolute Gasteiger partial charge is 0.148 e. The van der Waals surface area contributed by atoms with Crippen LogP contribution in [-0.4, -0.2) is 35.6 Å². The molecule has 1 heterocycles. The third kappa shape index (κ3) is 3.78. The lowest BCUT2D eigenvalue weighted by atomic mass is 10.3. The van der Waals surface area contributed by atoms with E-state index < -0.39 is 0 Å². The van der Waals surface area contributed by atoms with Crippen molar-refractivity contribution in [2.45, 2.75) is 18.7 Å². The Morgan fingerprint density at radius 3 is 2.63 bits per heavy atom. The fourth-order valence-electron chi connectivity index (χ4n) is 1.87. The van der Waals surface area contributed by atoms with Gasteiger partial charge in [-0.2, -0.15) is 0 Å².